The maximum atomic E-state index is 12.7. The Morgan fingerprint density at radius 2 is 1.67 bits per heavy atom. The van der Waals surface area contributed by atoms with E-state index >= 15 is 0 Å². The largest absolute Gasteiger partial charge is 0.491 e. The molecule has 0 aliphatic rings. The third-order valence-corrected chi connectivity index (χ3v) is 4.06. The maximum Gasteiger partial charge on any atom is 0.256 e. The molecule has 0 saturated heterocycles. The van der Waals surface area contributed by atoms with Crippen LogP contribution in [0.25, 0.3) is 5.69 Å². The minimum absolute atomic E-state index is 0.101. The van der Waals surface area contributed by atoms with Crippen LogP contribution in [-0.4, -0.2) is 30.7 Å². The average Bonchev–Trinajstić information content (AvgIpc) is 2.70. The van der Waals surface area contributed by atoms with Gasteiger partial charge in [0.25, 0.3) is 5.56 Å². The highest BCUT2D eigenvalue weighted by atomic mass is 16.5. The molecule has 0 radical (unpaired) electrons. The summed E-state index contributed by atoms with van der Waals surface area (Å²) in [4.78, 5) is 25.1. The number of nitrogens with zero attached hydrogens (tertiary/aromatic N) is 1. The fourth-order valence-electron chi connectivity index (χ4n) is 2.69. The number of rotatable bonds is 7. The van der Waals surface area contributed by atoms with Crippen molar-refractivity contribution in [3.05, 3.63) is 88.2 Å². The number of aromatic nitrogens is 1. The van der Waals surface area contributed by atoms with Crippen LogP contribution in [0.2, 0.25) is 0 Å². The van der Waals surface area contributed by atoms with Crippen molar-refractivity contribution < 1.29 is 14.3 Å². The summed E-state index contributed by atoms with van der Waals surface area (Å²) in [5, 5.41) is 0. The lowest BCUT2D eigenvalue weighted by atomic mass is 10.0. The summed E-state index contributed by atoms with van der Waals surface area (Å²) >= 11 is 0. The van der Waals surface area contributed by atoms with Gasteiger partial charge in [-0.2, -0.15) is 0 Å². The first-order chi connectivity index (χ1) is 13.1. The van der Waals surface area contributed by atoms with E-state index in [4.69, 9.17) is 15.2 Å². The van der Waals surface area contributed by atoms with Gasteiger partial charge in [0.05, 0.1) is 17.9 Å². The van der Waals surface area contributed by atoms with Crippen LogP contribution in [0.3, 0.4) is 0 Å². The van der Waals surface area contributed by atoms with E-state index in [0.717, 1.165) is 0 Å². The minimum Gasteiger partial charge on any atom is -0.491 e. The third-order valence-electron chi connectivity index (χ3n) is 4.06. The number of ketones is 1. The van der Waals surface area contributed by atoms with Gasteiger partial charge < -0.3 is 15.2 Å². The van der Waals surface area contributed by atoms with Crippen molar-refractivity contribution in [3.63, 3.8) is 0 Å². The van der Waals surface area contributed by atoms with Crippen LogP contribution < -0.4 is 16.0 Å². The summed E-state index contributed by atoms with van der Waals surface area (Å²) in [6.45, 7) is 0.913. The molecule has 0 atom stereocenters. The average molecular weight is 364 g/mol. The lowest BCUT2D eigenvalue weighted by Crippen LogP contribution is -2.23. The standard InChI is InChI=1S/C21H20N2O4/c1-26-13-14-27-17-9-7-16(8-10-17)23-19(24)12-11-18(21(23)22)20(25)15-5-3-2-4-6-15/h2-12H,13-14,22H2,1H3. The summed E-state index contributed by atoms with van der Waals surface area (Å²) in [6.07, 6.45) is 0. The minimum atomic E-state index is -0.315. The summed E-state index contributed by atoms with van der Waals surface area (Å²) in [5.41, 5.74) is 7.21. The van der Waals surface area contributed by atoms with E-state index in [1.165, 1.54) is 16.7 Å². The van der Waals surface area contributed by atoms with Crippen molar-refractivity contribution in [3.8, 4) is 11.4 Å². The van der Waals surface area contributed by atoms with E-state index in [1.807, 2.05) is 6.07 Å². The Balaban J connectivity index is 1.94. The summed E-state index contributed by atoms with van der Waals surface area (Å²) in [6, 6.07) is 18.5. The van der Waals surface area contributed by atoms with Crippen molar-refractivity contribution in [1.29, 1.82) is 0 Å². The van der Waals surface area contributed by atoms with Crippen LogP contribution in [0.4, 0.5) is 5.82 Å². The molecule has 0 bridgehead atoms. The Kier molecular flexibility index (Phi) is 5.68. The first-order valence-corrected chi connectivity index (χ1v) is 8.45. The van der Waals surface area contributed by atoms with Crippen LogP contribution in [0.1, 0.15) is 15.9 Å². The van der Waals surface area contributed by atoms with Crippen molar-refractivity contribution in [2.24, 2.45) is 0 Å². The van der Waals surface area contributed by atoms with Gasteiger partial charge in [-0.1, -0.05) is 30.3 Å². The molecular weight excluding hydrogens is 344 g/mol. The van der Waals surface area contributed by atoms with Crippen LogP contribution in [0.15, 0.2) is 71.5 Å². The zero-order chi connectivity index (χ0) is 19.2. The molecular formula is C21H20N2O4. The highest BCUT2D eigenvalue weighted by Gasteiger charge is 2.16. The molecule has 0 aliphatic carbocycles. The second-order valence-corrected chi connectivity index (χ2v) is 5.84. The van der Waals surface area contributed by atoms with Gasteiger partial charge in [-0.15, -0.1) is 0 Å². The van der Waals surface area contributed by atoms with Gasteiger partial charge in [-0.3, -0.25) is 14.2 Å². The molecule has 2 aromatic carbocycles. The molecule has 0 unspecified atom stereocenters. The SMILES string of the molecule is COCCOc1ccc(-n2c(N)c(C(=O)c3ccccc3)ccc2=O)cc1. The molecule has 2 N–H and O–H groups in total. The van der Waals surface area contributed by atoms with E-state index in [9.17, 15) is 9.59 Å². The molecule has 0 aliphatic heterocycles. The molecule has 138 valence electrons. The molecule has 0 saturated carbocycles. The van der Waals surface area contributed by atoms with Crippen LogP contribution >= 0.6 is 0 Å². The van der Waals surface area contributed by atoms with Gasteiger partial charge in [0.2, 0.25) is 0 Å². The molecule has 6 heteroatoms. The number of pyridine rings is 1. The summed E-state index contributed by atoms with van der Waals surface area (Å²) in [5.74, 6) is 0.518. The molecule has 3 aromatic rings. The number of nitrogens with two attached hydrogens (primary N) is 1. The quantitative estimate of drug-likeness (QED) is 0.515. The number of carbonyl (C=O) groups excluding carboxylic acids is 1. The number of nitrogen functional groups attached to an aromatic ring is 1. The second-order valence-electron chi connectivity index (χ2n) is 5.84. The van der Waals surface area contributed by atoms with Gasteiger partial charge in [0, 0.05) is 18.7 Å². The van der Waals surface area contributed by atoms with E-state index in [-0.39, 0.29) is 22.7 Å². The van der Waals surface area contributed by atoms with Gasteiger partial charge >= 0.3 is 0 Å². The lowest BCUT2D eigenvalue weighted by Gasteiger charge is -2.14. The lowest BCUT2D eigenvalue weighted by molar-refractivity contribution is 0.103. The number of anilines is 1. The number of benzene rings is 2. The van der Waals surface area contributed by atoms with Crippen molar-refractivity contribution in [2.45, 2.75) is 0 Å². The van der Waals surface area contributed by atoms with E-state index in [2.05, 4.69) is 0 Å². The predicted octanol–water partition coefficient (Wildman–Crippen LogP) is 2.68. The van der Waals surface area contributed by atoms with Crippen molar-refractivity contribution in [1.82, 2.24) is 4.57 Å². The van der Waals surface area contributed by atoms with Crippen molar-refractivity contribution in [2.75, 3.05) is 26.1 Å². The highest BCUT2D eigenvalue weighted by molar-refractivity contribution is 6.11. The zero-order valence-corrected chi connectivity index (χ0v) is 14.9. The van der Waals surface area contributed by atoms with E-state index in [1.54, 1.807) is 55.6 Å². The normalized spacial score (nSPS) is 10.6. The zero-order valence-electron chi connectivity index (χ0n) is 14.9. The Morgan fingerprint density at radius 1 is 0.963 bits per heavy atom. The molecule has 0 fully saturated rings. The van der Waals surface area contributed by atoms with E-state index < -0.39 is 0 Å². The van der Waals surface area contributed by atoms with Gasteiger partial charge in [0.15, 0.2) is 5.78 Å². The monoisotopic (exact) mass is 364 g/mol. The molecule has 3 rings (SSSR count). The van der Waals surface area contributed by atoms with Crippen LogP contribution in [0, 0.1) is 0 Å². The molecule has 0 spiro atoms. The number of hydrogen-bond acceptors (Lipinski definition) is 5. The van der Waals surface area contributed by atoms with Crippen LogP contribution in [0.5, 0.6) is 5.75 Å². The topological polar surface area (TPSA) is 83.5 Å². The Bertz CT molecular complexity index is 979. The smallest absolute Gasteiger partial charge is 0.256 e. The molecule has 1 aromatic heterocycles. The Morgan fingerprint density at radius 3 is 2.33 bits per heavy atom. The number of ether oxygens (including phenoxy) is 2. The van der Waals surface area contributed by atoms with E-state index in [0.29, 0.717) is 30.2 Å². The van der Waals surface area contributed by atoms with Crippen LogP contribution in [-0.2, 0) is 4.74 Å². The molecule has 27 heavy (non-hydrogen) atoms. The van der Waals surface area contributed by atoms with Gasteiger partial charge in [-0.25, -0.2) is 0 Å². The molecule has 6 nitrogen and oxygen atoms in total. The molecule has 1 heterocycles. The number of hydrogen-bond donors (Lipinski definition) is 1. The van der Waals surface area contributed by atoms with Gasteiger partial charge in [-0.05, 0) is 30.3 Å². The molecule has 0 amide bonds. The number of methoxy groups -OCH3 is 1. The Hall–Kier alpha value is -3.38. The fraction of sp³-hybridized carbons (Fsp3) is 0.143. The Labute approximate surface area is 156 Å². The maximum absolute atomic E-state index is 12.7. The van der Waals surface area contributed by atoms with Crippen molar-refractivity contribution >= 4 is 11.6 Å². The third kappa shape index (κ3) is 4.07. The number of carbonyl (C=O) groups is 1. The summed E-state index contributed by atoms with van der Waals surface area (Å²) < 4.78 is 11.8. The second kappa shape index (κ2) is 8.33. The first-order valence-electron chi connectivity index (χ1n) is 8.45. The first kappa shape index (κ1) is 18.4. The summed E-state index contributed by atoms with van der Waals surface area (Å²) in [7, 11) is 1.60. The predicted molar refractivity (Wildman–Crippen MR) is 104 cm³/mol. The fourth-order valence-corrected chi connectivity index (χ4v) is 2.69. The highest BCUT2D eigenvalue weighted by Crippen LogP contribution is 2.20. The van der Waals surface area contributed by atoms with Gasteiger partial charge in [0.1, 0.15) is 18.2 Å².